The van der Waals surface area contributed by atoms with Crippen molar-refractivity contribution in [2.45, 2.75) is 6.42 Å². The van der Waals surface area contributed by atoms with Gasteiger partial charge in [0.1, 0.15) is 5.82 Å². The third-order valence-corrected chi connectivity index (χ3v) is 2.73. The highest BCUT2D eigenvalue weighted by molar-refractivity contribution is 14.1. The zero-order valence-electron chi connectivity index (χ0n) is 8.50. The molecule has 0 bridgehead atoms. The highest BCUT2D eigenvalue weighted by Gasteiger charge is 2.09. The van der Waals surface area contributed by atoms with E-state index in [0.717, 1.165) is 6.42 Å². The molecule has 1 aromatic rings. The fraction of sp³-hybridized carbons (Fsp3) is 0.300. The Bertz CT molecular complexity index is 363. The Balaban J connectivity index is 0.00000225. The molecule has 90 valence electrons. The van der Waals surface area contributed by atoms with Gasteiger partial charge in [0.05, 0.1) is 5.56 Å². The lowest BCUT2D eigenvalue weighted by Crippen LogP contribution is -2.26. The fourth-order valence-electron chi connectivity index (χ4n) is 1.07. The first-order valence-corrected chi connectivity index (χ1v) is 5.66. The molecule has 6 heteroatoms. The molecule has 1 aromatic carbocycles. The summed E-state index contributed by atoms with van der Waals surface area (Å²) >= 11 is 1.94. The third kappa shape index (κ3) is 4.63. The van der Waals surface area contributed by atoms with E-state index in [1.165, 1.54) is 18.2 Å². The Hall–Kier alpha value is -0.400. The monoisotopic (exact) mass is 358 g/mol. The first-order valence-electron chi connectivity index (χ1n) is 4.58. The molecule has 1 amide bonds. The summed E-state index contributed by atoms with van der Waals surface area (Å²) < 4.78 is 13.4. The van der Waals surface area contributed by atoms with E-state index in [1.807, 2.05) is 22.6 Å². The SMILES string of the molecule is Cl.NCCCNC(=O)c1ccc(F)cc1I. The zero-order chi connectivity index (χ0) is 11.3. The van der Waals surface area contributed by atoms with Gasteiger partial charge in [0, 0.05) is 10.1 Å². The van der Waals surface area contributed by atoms with Crippen LogP contribution in [0.3, 0.4) is 0 Å². The van der Waals surface area contributed by atoms with Gasteiger partial charge in [0.15, 0.2) is 0 Å². The van der Waals surface area contributed by atoms with Crippen LogP contribution in [0.2, 0.25) is 0 Å². The van der Waals surface area contributed by atoms with E-state index in [2.05, 4.69) is 5.32 Å². The minimum absolute atomic E-state index is 0. The number of halogens is 3. The van der Waals surface area contributed by atoms with E-state index >= 15 is 0 Å². The summed E-state index contributed by atoms with van der Waals surface area (Å²) in [5.41, 5.74) is 5.80. The Morgan fingerprint density at radius 2 is 2.19 bits per heavy atom. The van der Waals surface area contributed by atoms with Gasteiger partial charge in [-0.15, -0.1) is 12.4 Å². The average Bonchev–Trinajstić information content (AvgIpc) is 2.17. The highest BCUT2D eigenvalue weighted by atomic mass is 127. The van der Waals surface area contributed by atoms with Crippen LogP contribution in [0.25, 0.3) is 0 Å². The van der Waals surface area contributed by atoms with Crippen LogP contribution in [0.15, 0.2) is 18.2 Å². The largest absolute Gasteiger partial charge is 0.352 e. The van der Waals surface area contributed by atoms with Gasteiger partial charge in [-0.05, 0) is 53.8 Å². The highest BCUT2D eigenvalue weighted by Crippen LogP contribution is 2.13. The second-order valence-corrected chi connectivity index (χ2v) is 4.18. The summed E-state index contributed by atoms with van der Waals surface area (Å²) in [6.45, 7) is 1.09. The van der Waals surface area contributed by atoms with E-state index in [1.54, 1.807) is 0 Å². The molecular formula is C10H13ClFIN2O. The average molecular weight is 359 g/mol. The van der Waals surface area contributed by atoms with Gasteiger partial charge in [-0.3, -0.25) is 4.79 Å². The standard InChI is InChI=1S/C10H12FIN2O.ClH/c11-7-2-3-8(9(12)6-7)10(15)14-5-1-4-13;/h2-3,6H,1,4-5,13H2,(H,14,15);1H. The molecule has 16 heavy (non-hydrogen) atoms. The minimum Gasteiger partial charge on any atom is -0.352 e. The van der Waals surface area contributed by atoms with Crippen molar-refractivity contribution in [3.63, 3.8) is 0 Å². The van der Waals surface area contributed by atoms with E-state index in [0.29, 0.717) is 22.2 Å². The molecule has 0 aliphatic heterocycles. The Morgan fingerprint density at radius 3 is 2.75 bits per heavy atom. The third-order valence-electron chi connectivity index (χ3n) is 1.84. The fourth-order valence-corrected chi connectivity index (χ4v) is 1.80. The number of rotatable bonds is 4. The molecule has 0 saturated carbocycles. The van der Waals surface area contributed by atoms with Crippen molar-refractivity contribution in [3.8, 4) is 0 Å². The molecule has 0 aliphatic rings. The van der Waals surface area contributed by atoms with Crippen molar-refractivity contribution in [2.75, 3.05) is 13.1 Å². The Labute approximate surface area is 114 Å². The number of amides is 1. The topological polar surface area (TPSA) is 55.1 Å². The van der Waals surface area contributed by atoms with E-state index < -0.39 is 0 Å². The normalized spacial score (nSPS) is 9.44. The molecule has 0 aliphatic carbocycles. The molecule has 0 radical (unpaired) electrons. The number of hydrogen-bond donors (Lipinski definition) is 2. The van der Waals surface area contributed by atoms with Crippen LogP contribution in [0, 0.1) is 9.39 Å². The Morgan fingerprint density at radius 1 is 1.50 bits per heavy atom. The molecular weight excluding hydrogens is 345 g/mol. The van der Waals surface area contributed by atoms with Crippen molar-refractivity contribution in [1.82, 2.24) is 5.32 Å². The molecule has 0 aromatic heterocycles. The summed E-state index contributed by atoms with van der Waals surface area (Å²) in [7, 11) is 0. The maximum atomic E-state index is 12.8. The molecule has 0 saturated heterocycles. The van der Waals surface area contributed by atoms with Crippen LogP contribution in [0.1, 0.15) is 16.8 Å². The van der Waals surface area contributed by atoms with Crippen LogP contribution in [-0.4, -0.2) is 19.0 Å². The molecule has 0 spiro atoms. The van der Waals surface area contributed by atoms with Crippen LogP contribution in [0.4, 0.5) is 4.39 Å². The predicted octanol–water partition coefficient (Wildman–Crippen LogP) is 1.93. The van der Waals surface area contributed by atoms with E-state index in [4.69, 9.17) is 5.73 Å². The molecule has 0 atom stereocenters. The zero-order valence-corrected chi connectivity index (χ0v) is 11.5. The first-order chi connectivity index (χ1) is 7.15. The lowest BCUT2D eigenvalue weighted by molar-refractivity contribution is 0.0952. The van der Waals surface area contributed by atoms with Gasteiger partial charge in [0.25, 0.3) is 5.91 Å². The summed E-state index contributed by atoms with van der Waals surface area (Å²) in [5, 5.41) is 2.71. The first kappa shape index (κ1) is 15.6. The van der Waals surface area contributed by atoms with Gasteiger partial charge in [-0.2, -0.15) is 0 Å². The predicted molar refractivity (Wildman–Crippen MR) is 72.4 cm³/mol. The van der Waals surface area contributed by atoms with Crippen molar-refractivity contribution in [2.24, 2.45) is 5.73 Å². The van der Waals surface area contributed by atoms with Crippen molar-refractivity contribution >= 4 is 40.9 Å². The van der Waals surface area contributed by atoms with Gasteiger partial charge >= 0.3 is 0 Å². The van der Waals surface area contributed by atoms with Gasteiger partial charge in [-0.1, -0.05) is 0 Å². The number of carbonyl (C=O) groups excluding carboxylic acids is 1. The van der Waals surface area contributed by atoms with Crippen LogP contribution in [0.5, 0.6) is 0 Å². The molecule has 0 heterocycles. The summed E-state index contributed by atoms with van der Waals surface area (Å²) in [5.74, 6) is -0.522. The van der Waals surface area contributed by atoms with Crippen molar-refractivity contribution < 1.29 is 9.18 Å². The molecule has 0 fully saturated rings. The summed E-state index contributed by atoms with van der Waals surface area (Å²) in [6.07, 6.45) is 0.740. The van der Waals surface area contributed by atoms with Crippen LogP contribution < -0.4 is 11.1 Å². The number of benzene rings is 1. The van der Waals surface area contributed by atoms with Crippen LogP contribution in [-0.2, 0) is 0 Å². The summed E-state index contributed by atoms with van der Waals surface area (Å²) in [4.78, 5) is 11.6. The van der Waals surface area contributed by atoms with E-state index in [9.17, 15) is 9.18 Å². The quantitative estimate of drug-likeness (QED) is 0.638. The maximum absolute atomic E-state index is 12.8. The minimum atomic E-state index is -0.335. The van der Waals surface area contributed by atoms with E-state index in [-0.39, 0.29) is 24.1 Å². The molecule has 0 unspecified atom stereocenters. The number of nitrogens with one attached hydrogen (secondary N) is 1. The molecule has 1 rings (SSSR count). The van der Waals surface area contributed by atoms with Gasteiger partial charge < -0.3 is 11.1 Å². The van der Waals surface area contributed by atoms with Crippen LogP contribution >= 0.6 is 35.0 Å². The van der Waals surface area contributed by atoms with Crippen molar-refractivity contribution in [3.05, 3.63) is 33.1 Å². The Kier molecular flexibility index (Phi) is 7.61. The molecule has 3 N–H and O–H groups in total. The van der Waals surface area contributed by atoms with Gasteiger partial charge in [-0.25, -0.2) is 4.39 Å². The summed E-state index contributed by atoms with van der Waals surface area (Å²) in [6, 6.07) is 4.09. The second kappa shape index (κ2) is 7.81. The number of nitrogens with two attached hydrogens (primary N) is 1. The van der Waals surface area contributed by atoms with Crippen molar-refractivity contribution in [1.29, 1.82) is 0 Å². The molecule has 3 nitrogen and oxygen atoms in total. The van der Waals surface area contributed by atoms with Gasteiger partial charge in [0.2, 0.25) is 0 Å². The second-order valence-electron chi connectivity index (χ2n) is 3.02. The smallest absolute Gasteiger partial charge is 0.252 e. The lowest BCUT2D eigenvalue weighted by atomic mass is 10.2. The number of carbonyl (C=O) groups is 1. The lowest BCUT2D eigenvalue weighted by Gasteiger charge is -2.05. The maximum Gasteiger partial charge on any atom is 0.252 e. The number of hydrogen-bond acceptors (Lipinski definition) is 2.